The number of hydrogen-bond acceptors (Lipinski definition) is 3. The number of nitrogens with two attached hydrogens (primary N) is 1. The van der Waals surface area contributed by atoms with E-state index in [0.29, 0.717) is 0 Å². The second kappa shape index (κ2) is 4.22. The molecule has 1 aromatic rings. The predicted octanol–water partition coefficient (Wildman–Crippen LogP) is 1.95. The van der Waals surface area contributed by atoms with Crippen molar-refractivity contribution in [3.63, 3.8) is 0 Å². The number of anilines is 1. The van der Waals surface area contributed by atoms with Crippen LogP contribution in [0.1, 0.15) is 12.8 Å². The van der Waals surface area contributed by atoms with Crippen molar-refractivity contribution in [1.29, 1.82) is 0 Å². The number of nitrogen functional groups attached to an aromatic ring is 1. The molecule has 4 nitrogen and oxygen atoms in total. The lowest BCUT2D eigenvalue weighted by Crippen LogP contribution is -2.29. The van der Waals surface area contributed by atoms with Gasteiger partial charge in [0.25, 0.3) is 0 Å². The van der Waals surface area contributed by atoms with Crippen molar-refractivity contribution in [2.24, 2.45) is 0 Å². The third-order valence-electron chi connectivity index (χ3n) is 2.77. The number of halogens is 2. The summed E-state index contributed by atoms with van der Waals surface area (Å²) in [5, 5.41) is 0. The Morgan fingerprint density at radius 3 is 2.59 bits per heavy atom. The van der Waals surface area contributed by atoms with E-state index >= 15 is 0 Å². The maximum atomic E-state index is 13.2. The smallest absolute Gasteiger partial charge is 0.244 e. The minimum absolute atomic E-state index is 0.00537. The van der Waals surface area contributed by atoms with Crippen molar-refractivity contribution >= 4 is 31.6 Å². The largest absolute Gasteiger partial charge is 0.396 e. The van der Waals surface area contributed by atoms with E-state index in [0.717, 1.165) is 25.0 Å². The fourth-order valence-corrected chi connectivity index (χ4v) is 3.96. The first-order valence-electron chi connectivity index (χ1n) is 5.06. The van der Waals surface area contributed by atoms with Crippen LogP contribution in [0.25, 0.3) is 0 Å². The fraction of sp³-hybridized carbons (Fsp3) is 0.400. The van der Waals surface area contributed by atoms with Crippen molar-refractivity contribution in [1.82, 2.24) is 4.31 Å². The molecule has 0 heterocycles. The van der Waals surface area contributed by atoms with Gasteiger partial charge in [0.05, 0.1) is 10.6 Å². The summed E-state index contributed by atoms with van der Waals surface area (Å²) in [4.78, 5) is 0.00537. The molecule has 1 fully saturated rings. The molecule has 1 aliphatic rings. The van der Waals surface area contributed by atoms with E-state index < -0.39 is 15.8 Å². The van der Waals surface area contributed by atoms with Crippen molar-refractivity contribution in [3.05, 3.63) is 22.4 Å². The molecule has 0 unspecified atom stereocenters. The first-order chi connectivity index (χ1) is 7.84. The Hall–Kier alpha value is -0.660. The van der Waals surface area contributed by atoms with E-state index in [-0.39, 0.29) is 21.1 Å². The van der Waals surface area contributed by atoms with Gasteiger partial charge in [-0.2, -0.15) is 4.31 Å². The zero-order valence-corrected chi connectivity index (χ0v) is 11.6. The van der Waals surface area contributed by atoms with E-state index in [4.69, 9.17) is 5.73 Å². The lowest BCUT2D eigenvalue weighted by atomic mass is 10.3. The Morgan fingerprint density at radius 1 is 1.47 bits per heavy atom. The molecule has 0 radical (unpaired) electrons. The highest BCUT2D eigenvalue weighted by Gasteiger charge is 2.36. The third-order valence-corrected chi connectivity index (χ3v) is 5.64. The van der Waals surface area contributed by atoms with Crippen molar-refractivity contribution in [2.75, 3.05) is 12.8 Å². The van der Waals surface area contributed by atoms with Crippen LogP contribution in [-0.2, 0) is 10.0 Å². The second-order valence-electron chi connectivity index (χ2n) is 4.06. The van der Waals surface area contributed by atoms with Crippen LogP contribution in [0.15, 0.2) is 21.5 Å². The van der Waals surface area contributed by atoms with E-state index in [2.05, 4.69) is 15.9 Å². The zero-order chi connectivity index (χ0) is 12.8. The van der Waals surface area contributed by atoms with E-state index in [9.17, 15) is 12.8 Å². The number of nitrogens with zero attached hydrogens (tertiary/aromatic N) is 1. The number of benzene rings is 1. The van der Waals surface area contributed by atoms with E-state index in [1.807, 2.05) is 0 Å². The maximum Gasteiger partial charge on any atom is 0.244 e. The lowest BCUT2D eigenvalue weighted by Gasteiger charge is -2.17. The molecule has 0 atom stereocenters. The monoisotopic (exact) mass is 322 g/mol. The van der Waals surface area contributed by atoms with Crippen LogP contribution in [0, 0.1) is 5.82 Å². The van der Waals surface area contributed by atoms with Crippen LogP contribution in [0.5, 0.6) is 0 Å². The molecule has 94 valence electrons. The average Bonchev–Trinajstić information content (AvgIpc) is 3.05. The Kier molecular flexibility index (Phi) is 3.17. The topological polar surface area (TPSA) is 63.4 Å². The van der Waals surface area contributed by atoms with E-state index in [1.54, 1.807) is 0 Å². The lowest BCUT2D eigenvalue weighted by molar-refractivity contribution is 0.463. The number of hydrogen-bond donors (Lipinski definition) is 1. The Morgan fingerprint density at radius 2 is 2.06 bits per heavy atom. The average molecular weight is 323 g/mol. The number of sulfonamides is 1. The summed E-state index contributed by atoms with van der Waals surface area (Å²) in [6, 6.07) is 2.27. The summed E-state index contributed by atoms with van der Waals surface area (Å²) >= 11 is 3.05. The highest BCUT2D eigenvalue weighted by atomic mass is 79.9. The first-order valence-corrected chi connectivity index (χ1v) is 7.30. The Bertz CT molecular complexity index is 558. The summed E-state index contributed by atoms with van der Waals surface area (Å²) in [6.07, 6.45) is 1.73. The van der Waals surface area contributed by atoms with Crippen molar-refractivity contribution in [3.8, 4) is 0 Å². The third kappa shape index (κ3) is 2.31. The zero-order valence-electron chi connectivity index (χ0n) is 9.15. The van der Waals surface area contributed by atoms with Gasteiger partial charge >= 0.3 is 0 Å². The molecular formula is C10H12BrFN2O2S. The van der Waals surface area contributed by atoms with Gasteiger partial charge in [-0.25, -0.2) is 12.8 Å². The summed E-state index contributed by atoms with van der Waals surface area (Å²) in [5.74, 6) is -0.634. The normalized spacial score (nSPS) is 16.5. The van der Waals surface area contributed by atoms with Gasteiger partial charge in [-0.05, 0) is 40.9 Å². The molecule has 17 heavy (non-hydrogen) atoms. The van der Waals surface area contributed by atoms with Gasteiger partial charge in [-0.15, -0.1) is 0 Å². The van der Waals surface area contributed by atoms with Gasteiger partial charge < -0.3 is 5.73 Å². The van der Waals surface area contributed by atoms with Crippen molar-refractivity contribution in [2.45, 2.75) is 23.8 Å². The molecule has 0 spiro atoms. The summed E-state index contributed by atoms with van der Waals surface area (Å²) < 4.78 is 39.1. The molecule has 1 aliphatic carbocycles. The summed E-state index contributed by atoms with van der Waals surface area (Å²) in [5.41, 5.74) is 5.23. The number of rotatable bonds is 3. The molecule has 7 heteroatoms. The van der Waals surface area contributed by atoms with Crippen LogP contribution in [0.3, 0.4) is 0 Å². The molecular weight excluding hydrogens is 311 g/mol. The highest BCUT2D eigenvalue weighted by molar-refractivity contribution is 9.10. The van der Waals surface area contributed by atoms with Crippen LogP contribution in [0.4, 0.5) is 10.1 Å². The van der Waals surface area contributed by atoms with Crippen LogP contribution >= 0.6 is 15.9 Å². The molecule has 0 bridgehead atoms. The SMILES string of the molecule is CN(C1CC1)S(=O)(=O)c1cc(N)c(F)cc1Br. The molecule has 2 N–H and O–H groups in total. The van der Waals surface area contributed by atoms with Gasteiger partial charge in [0, 0.05) is 17.6 Å². The molecule has 0 saturated heterocycles. The molecule has 0 aromatic heterocycles. The predicted molar refractivity (Wildman–Crippen MR) is 66.5 cm³/mol. The minimum atomic E-state index is -3.61. The van der Waals surface area contributed by atoms with Crippen LogP contribution in [0.2, 0.25) is 0 Å². The Balaban J connectivity index is 2.49. The van der Waals surface area contributed by atoms with Gasteiger partial charge in [0.1, 0.15) is 5.82 Å². The first kappa shape index (κ1) is 12.8. The van der Waals surface area contributed by atoms with Crippen molar-refractivity contribution < 1.29 is 12.8 Å². The maximum absolute atomic E-state index is 13.2. The molecule has 1 saturated carbocycles. The van der Waals surface area contributed by atoms with Crippen LogP contribution < -0.4 is 5.73 Å². The standard InChI is InChI=1S/C10H12BrFN2O2S/c1-14(6-2-3-6)17(15,16)10-5-9(13)8(12)4-7(10)11/h4-6H,2-3,13H2,1H3. The van der Waals surface area contributed by atoms with E-state index in [1.165, 1.54) is 11.4 Å². The molecule has 1 aromatic carbocycles. The molecule has 2 rings (SSSR count). The summed E-state index contributed by atoms with van der Waals surface area (Å²) in [7, 11) is -2.08. The Labute approximate surface area is 108 Å². The molecule has 0 amide bonds. The van der Waals surface area contributed by atoms with Gasteiger partial charge in [0.2, 0.25) is 10.0 Å². The minimum Gasteiger partial charge on any atom is -0.396 e. The fourth-order valence-electron chi connectivity index (χ4n) is 1.53. The quantitative estimate of drug-likeness (QED) is 0.865. The second-order valence-corrected chi connectivity index (χ2v) is 6.88. The van der Waals surface area contributed by atoms with Gasteiger partial charge in [0.15, 0.2) is 0 Å². The molecule has 0 aliphatic heterocycles. The van der Waals surface area contributed by atoms with Crippen LogP contribution in [-0.4, -0.2) is 25.8 Å². The van der Waals surface area contributed by atoms with Gasteiger partial charge in [-0.3, -0.25) is 0 Å². The van der Waals surface area contributed by atoms with Gasteiger partial charge in [-0.1, -0.05) is 0 Å². The summed E-state index contributed by atoms with van der Waals surface area (Å²) in [6.45, 7) is 0. The highest BCUT2D eigenvalue weighted by Crippen LogP contribution is 2.34.